The first kappa shape index (κ1) is 16.6. The van der Waals surface area contributed by atoms with Crippen LogP contribution in [-0.2, 0) is 4.79 Å². The summed E-state index contributed by atoms with van der Waals surface area (Å²) in [5.74, 6) is 0.479. The molecule has 122 valence electrons. The average Bonchev–Trinajstić information content (AvgIpc) is 2.51. The summed E-state index contributed by atoms with van der Waals surface area (Å²) >= 11 is 0. The first-order valence-electron chi connectivity index (χ1n) is 7.72. The van der Waals surface area contributed by atoms with Gasteiger partial charge in [-0.3, -0.25) is 9.69 Å². The van der Waals surface area contributed by atoms with Crippen molar-refractivity contribution in [3.63, 3.8) is 0 Å². The van der Waals surface area contributed by atoms with Crippen LogP contribution in [0.5, 0.6) is 5.75 Å². The summed E-state index contributed by atoms with van der Waals surface area (Å²) in [6.45, 7) is 1.39. The van der Waals surface area contributed by atoms with Crippen LogP contribution >= 0.6 is 0 Å². The van der Waals surface area contributed by atoms with Gasteiger partial charge in [-0.25, -0.2) is 0 Å². The van der Waals surface area contributed by atoms with Gasteiger partial charge in [0.05, 0.1) is 19.3 Å². The number of nitrogens with one attached hydrogen (secondary N) is 1. The van der Waals surface area contributed by atoms with Gasteiger partial charge in [0.25, 0.3) is 0 Å². The molecule has 1 fully saturated rings. The minimum Gasteiger partial charge on any atom is -0.494 e. The number of nitrogens with two attached hydrogens (primary N) is 1. The van der Waals surface area contributed by atoms with Crippen molar-refractivity contribution in [1.82, 2.24) is 4.90 Å². The maximum Gasteiger partial charge on any atom is 0.238 e. The Morgan fingerprint density at radius 1 is 1.50 bits per heavy atom. The second-order valence-electron chi connectivity index (χ2n) is 5.64. The lowest BCUT2D eigenvalue weighted by Gasteiger charge is -2.34. The van der Waals surface area contributed by atoms with Crippen LogP contribution in [0.3, 0.4) is 0 Å². The fraction of sp³-hybridized carbons (Fsp3) is 0.562. The van der Waals surface area contributed by atoms with Crippen molar-refractivity contribution >= 4 is 17.3 Å². The van der Waals surface area contributed by atoms with E-state index < -0.39 is 0 Å². The maximum absolute atomic E-state index is 12.3. The summed E-state index contributed by atoms with van der Waals surface area (Å²) < 4.78 is 5.24. The van der Waals surface area contributed by atoms with Crippen LogP contribution in [0, 0.1) is 0 Å². The molecule has 1 heterocycles. The molecule has 0 aliphatic carbocycles. The molecule has 1 amide bonds. The van der Waals surface area contributed by atoms with E-state index in [0.29, 0.717) is 23.7 Å². The molecule has 1 aliphatic heterocycles. The van der Waals surface area contributed by atoms with E-state index in [0.717, 1.165) is 32.2 Å². The van der Waals surface area contributed by atoms with E-state index in [1.165, 1.54) is 0 Å². The highest BCUT2D eigenvalue weighted by molar-refractivity contribution is 5.94. The van der Waals surface area contributed by atoms with Crippen LogP contribution in [-0.4, -0.2) is 48.8 Å². The summed E-state index contributed by atoms with van der Waals surface area (Å²) in [5.41, 5.74) is 6.92. The zero-order valence-electron chi connectivity index (χ0n) is 13.0. The number of anilines is 2. The van der Waals surface area contributed by atoms with Crippen LogP contribution in [0.15, 0.2) is 18.2 Å². The van der Waals surface area contributed by atoms with Crippen LogP contribution in [0.1, 0.15) is 25.7 Å². The topological polar surface area (TPSA) is 87.8 Å². The third-order valence-corrected chi connectivity index (χ3v) is 4.06. The number of carbonyl (C=O) groups excluding carboxylic acids is 1. The fourth-order valence-electron chi connectivity index (χ4n) is 2.93. The Morgan fingerprint density at radius 2 is 2.32 bits per heavy atom. The van der Waals surface area contributed by atoms with Gasteiger partial charge in [0.2, 0.25) is 5.91 Å². The van der Waals surface area contributed by atoms with E-state index in [-0.39, 0.29) is 18.6 Å². The predicted molar refractivity (Wildman–Crippen MR) is 87.0 cm³/mol. The molecule has 6 nitrogen and oxygen atoms in total. The Bertz CT molecular complexity index is 505. The highest BCUT2D eigenvalue weighted by atomic mass is 16.5. The number of aliphatic hydroxyl groups excluding tert-OH is 1. The Balaban J connectivity index is 1.97. The predicted octanol–water partition coefficient (Wildman–Crippen LogP) is 1.45. The average molecular weight is 307 g/mol. The molecule has 0 aromatic heterocycles. The second-order valence-corrected chi connectivity index (χ2v) is 5.64. The molecule has 1 saturated heterocycles. The van der Waals surface area contributed by atoms with Crippen LogP contribution < -0.4 is 15.8 Å². The Kier molecular flexibility index (Phi) is 6.03. The van der Waals surface area contributed by atoms with Gasteiger partial charge in [-0.1, -0.05) is 6.42 Å². The van der Waals surface area contributed by atoms with Gasteiger partial charge in [0.15, 0.2) is 0 Å². The second kappa shape index (κ2) is 8.00. The number of benzene rings is 1. The number of nitrogens with zero attached hydrogens (tertiary/aromatic N) is 1. The molecule has 0 saturated carbocycles. The Hall–Kier alpha value is -1.79. The quantitative estimate of drug-likeness (QED) is 0.692. The molecule has 1 aromatic rings. The number of carbonyl (C=O) groups is 1. The van der Waals surface area contributed by atoms with Gasteiger partial charge < -0.3 is 20.9 Å². The zero-order valence-corrected chi connectivity index (χ0v) is 13.0. The van der Waals surface area contributed by atoms with Crippen LogP contribution in [0.25, 0.3) is 0 Å². The van der Waals surface area contributed by atoms with Crippen molar-refractivity contribution in [2.24, 2.45) is 0 Å². The lowest BCUT2D eigenvalue weighted by atomic mass is 9.99. The lowest BCUT2D eigenvalue weighted by molar-refractivity contribution is -0.118. The summed E-state index contributed by atoms with van der Waals surface area (Å²) in [6, 6.07) is 5.45. The smallest absolute Gasteiger partial charge is 0.238 e. The molecule has 1 unspecified atom stereocenters. The van der Waals surface area contributed by atoms with Gasteiger partial charge in [0.1, 0.15) is 5.75 Å². The van der Waals surface area contributed by atoms with E-state index in [2.05, 4.69) is 10.2 Å². The highest BCUT2D eigenvalue weighted by Gasteiger charge is 2.24. The fourth-order valence-corrected chi connectivity index (χ4v) is 2.93. The molecule has 22 heavy (non-hydrogen) atoms. The summed E-state index contributed by atoms with van der Waals surface area (Å²) in [5, 5.41) is 12.0. The summed E-state index contributed by atoms with van der Waals surface area (Å²) in [7, 11) is 1.55. The first-order chi connectivity index (χ1) is 10.6. The van der Waals surface area contributed by atoms with Crippen molar-refractivity contribution in [1.29, 1.82) is 0 Å². The molecule has 1 aromatic carbocycles. The summed E-state index contributed by atoms with van der Waals surface area (Å²) in [6.07, 6.45) is 4.02. The number of aliphatic hydroxyl groups is 1. The van der Waals surface area contributed by atoms with E-state index in [1.807, 2.05) is 0 Å². The monoisotopic (exact) mass is 307 g/mol. The third-order valence-electron chi connectivity index (χ3n) is 4.06. The molecule has 0 spiro atoms. The largest absolute Gasteiger partial charge is 0.494 e. The number of ether oxygens (including phenoxy) is 1. The van der Waals surface area contributed by atoms with Gasteiger partial charge >= 0.3 is 0 Å². The summed E-state index contributed by atoms with van der Waals surface area (Å²) in [4.78, 5) is 14.4. The molecule has 2 rings (SSSR count). The number of hydrogen-bond donors (Lipinski definition) is 3. The van der Waals surface area contributed by atoms with Gasteiger partial charge in [-0.15, -0.1) is 0 Å². The molecule has 1 aliphatic rings. The van der Waals surface area contributed by atoms with Gasteiger partial charge in [-0.2, -0.15) is 0 Å². The molecule has 1 atom stereocenters. The van der Waals surface area contributed by atoms with Crippen molar-refractivity contribution in [2.45, 2.75) is 31.7 Å². The van der Waals surface area contributed by atoms with E-state index in [9.17, 15) is 4.79 Å². The van der Waals surface area contributed by atoms with Crippen LogP contribution in [0.4, 0.5) is 11.4 Å². The van der Waals surface area contributed by atoms with Crippen molar-refractivity contribution in [3.05, 3.63) is 18.2 Å². The molecular weight excluding hydrogens is 282 g/mol. The van der Waals surface area contributed by atoms with Crippen molar-refractivity contribution in [3.8, 4) is 5.75 Å². The SMILES string of the molecule is COc1cc(N)ccc1NC(=O)CN1CCCCC1CCO. The highest BCUT2D eigenvalue weighted by Crippen LogP contribution is 2.27. The van der Waals surface area contributed by atoms with Gasteiger partial charge in [-0.05, 0) is 37.9 Å². The van der Waals surface area contributed by atoms with E-state index >= 15 is 0 Å². The number of amides is 1. The minimum absolute atomic E-state index is 0.0760. The molecule has 0 bridgehead atoms. The molecule has 6 heteroatoms. The van der Waals surface area contributed by atoms with Gasteiger partial charge in [0, 0.05) is 24.4 Å². The Morgan fingerprint density at radius 3 is 3.05 bits per heavy atom. The maximum atomic E-state index is 12.3. The number of rotatable bonds is 6. The van der Waals surface area contributed by atoms with Crippen LogP contribution in [0.2, 0.25) is 0 Å². The number of nitrogen functional groups attached to an aromatic ring is 1. The molecule has 4 N–H and O–H groups in total. The lowest BCUT2D eigenvalue weighted by Crippen LogP contribution is -2.44. The Labute approximate surface area is 131 Å². The zero-order chi connectivity index (χ0) is 15.9. The minimum atomic E-state index is -0.0760. The molecular formula is C16H25N3O3. The standard InChI is InChI=1S/C16H25N3O3/c1-22-15-10-12(17)5-6-14(15)18-16(21)11-19-8-3-2-4-13(19)7-9-20/h5-6,10,13,20H,2-4,7-9,11,17H2,1H3,(H,18,21). The number of piperidine rings is 1. The first-order valence-corrected chi connectivity index (χ1v) is 7.72. The normalized spacial score (nSPS) is 18.9. The van der Waals surface area contributed by atoms with E-state index in [1.54, 1.807) is 25.3 Å². The van der Waals surface area contributed by atoms with Crippen molar-refractivity contribution < 1.29 is 14.6 Å². The number of methoxy groups -OCH3 is 1. The number of hydrogen-bond acceptors (Lipinski definition) is 5. The number of likely N-dealkylation sites (tertiary alicyclic amines) is 1. The van der Waals surface area contributed by atoms with Crippen molar-refractivity contribution in [2.75, 3.05) is 37.9 Å². The van der Waals surface area contributed by atoms with E-state index in [4.69, 9.17) is 15.6 Å². The molecule has 0 radical (unpaired) electrons. The third kappa shape index (κ3) is 4.35.